The van der Waals surface area contributed by atoms with Crippen molar-refractivity contribution in [3.63, 3.8) is 0 Å². The average Bonchev–Trinajstić information content (AvgIpc) is 2.73. The van der Waals surface area contributed by atoms with E-state index in [0.29, 0.717) is 18.3 Å². The molecule has 3 aromatic rings. The van der Waals surface area contributed by atoms with Crippen LogP contribution in [0.15, 0.2) is 51.7 Å². The Kier molecular flexibility index (Phi) is 7.23. The second-order valence-electron chi connectivity index (χ2n) is 7.71. The molecule has 1 unspecified atom stereocenters. The van der Waals surface area contributed by atoms with Gasteiger partial charge in [0.2, 0.25) is 5.88 Å². The molecule has 0 fully saturated rings. The highest BCUT2D eigenvalue weighted by atomic mass is 79.9. The van der Waals surface area contributed by atoms with Crippen LogP contribution >= 0.6 is 15.9 Å². The fourth-order valence-corrected chi connectivity index (χ4v) is 3.51. The summed E-state index contributed by atoms with van der Waals surface area (Å²) in [5, 5.41) is 0. The summed E-state index contributed by atoms with van der Waals surface area (Å²) in [5.41, 5.74) is 8.01. The van der Waals surface area contributed by atoms with Gasteiger partial charge in [-0.25, -0.2) is 8.78 Å². The van der Waals surface area contributed by atoms with Gasteiger partial charge in [0, 0.05) is 17.7 Å². The second-order valence-corrected chi connectivity index (χ2v) is 8.50. The highest BCUT2D eigenvalue weighted by molar-refractivity contribution is 9.10. The van der Waals surface area contributed by atoms with Crippen molar-refractivity contribution in [2.24, 2.45) is 11.7 Å². The van der Waals surface area contributed by atoms with E-state index in [4.69, 9.17) is 10.5 Å². The molecule has 164 valence electrons. The van der Waals surface area contributed by atoms with Crippen LogP contribution in [-0.2, 0) is 13.2 Å². The van der Waals surface area contributed by atoms with Crippen molar-refractivity contribution in [2.75, 3.05) is 0 Å². The number of halogens is 3. The van der Waals surface area contributed by atoms with Gasteiger partial charge >= 0.3 is 0 Å². The first kappa shape index (κ1) is 23.1. The summed E-state index contributed by atoms with van der Waals surface area (Å²) >= 11 is 3.24. The Labute approximate surface area is 188 Å². The summed E-state index contributed by atoms with van der Waals surface area (Å²) in [5.74, 6) is -0.557. The monoisotopic (exact) mass is 491 g/mol. The topological polar surface area (TPSA) is 70.1 Å². The summed E-state index contributed by atoms with van der Waals surface area (Å²) in [7, 11) is 0. The lowest BCUT2D eigenvalue weighted by molar-refractivity contribution is 0.282. The lowest BCUT2D eigenvalue weighted by Crippen LogP contribution is -2.26. The number of ether oxygens (including phenoxy) is 1. The second kappa shape index (κ2) is 9.70. The third-order valence-electron chi connectivity index (χ3n) is 5.08. The number of hydrogen-bond donors (Lipinski definition) is 1. The molecule has 0 aliphatic carbocycles. The molecule has 1 atom stereocenters. The van der Waals surface area contributed by atoms with E-state index in [9.17, 15) is 13.6 Å². The predicted octanol–water partition coefficient (Wildman–Crippen LogP) is 4.88. The number of rotatable bonds is 7. The Bertz CT molecular complexity index is 1130. The van der Waals surface area contributed by atoms with E-state index in [-0.39, 0.29) is 34.1 Å². The van der Waals surface area contributed by atoms with Gasteiger partial charge in [0.25, 0.3) is 5.56 Å². The standard InChI is InChI=1S/C23H24BrF2N3O2/c1-13(2)21(27)16-6-4-15(5-7-16)11-29-14(3)28-22(20(24)23(29)30)31-12-17-8-9-18(25)10-19(17)26/h4-10,13,21H,11-12,27H2,1-3H3. The lowest BCUT2D eigenvalue weighted by Gasteiger charge is -2.17. The van der Waals surface area contributed by atoms with Crippen molar-refractivity contribution in [2.45, 2.75) is 40.0 Å². The molecule has 2 aromatic carbocycles. The zero-order chi connectivity index (χ0) is 22.7. The highest BCUT2D eigenvalue weighted by Gasteiger charge is 2.16. The van der Waals surface area contributed by atoms with Gasteiger partial charge < -0.3 is 10.5 Å². The largest absolute Gasteiger partial charge is 0.472 e. The zero-order valence-electron chi connectivity index (χ0n) is 17.5. The number of hydrogen-bond acceptors (Lipinski definition) is 4. The van der Waals surface area contributed by atoms with Gasteiger partial charge in [-0.15, -0.1) is 0 Å². The lowest BCUT2D eigenvalue weighted by atomic mass is 9.96. The summed E-state index contributed by atoms with van der Waals surface area (Å²) < 4.78 is 34.1. The van der Waals surface area contributed by atoms with E-state index in [1.165, 1.54) is 10.6 Å². The fourth-order valence-electron chi connectivity index (χ4n) is 3.09. The summed E-state index contributed by atoms with van der Waals surface area (Å²) in [4.78, 5) is 17.2. The van der Waals surface area contributed by atoms with Crippen LogP contribution in [0, 0.1) is 24.5 Å². The van der Waals surface area contributed by atoms with E-state index >= 15 is 0 Å². The fraction of sp³-hybridized carbons (Fsp3) is 0.304. The Morgan fingerprint density at radius 1 is 1.16 bits per heavy atom. The number of benzene rings is 2. The maximum absolute atomic E-state index is 13.8. The molecule has 2 N–H and O–H groups in total. The van der Waals surface area contributed by atoms with Gasteiger partial charge in [-0.3, -0.25) is 9.36 Å². The van der Waals surface area contributed by atoms with Gasteiger partial charge in [-0.2, -0.15) is 4.98 Å². The van der Waals surface area contributed by atoms with Crippen molar-refractivity contribution in [3.05, 3.63) is 91.4 Å². The highest BCUT2D eigenvalue weighted by Crippen LogP contribution is 2.22. The maximum Gasteiger partial charge on any atom is 0.272 e. The summed E-state index contributed by atoms with van der Waals surface area (Å²) in [6.45, 7) is 5.98. The minimum Gasteiger partial charge on any atom is -0.472 e. The molecule has 0 saturated heterocycles. The molecule has 0 radical (unpaired) electrons. The molecule has 0 aliphatic heterocycles. The van der Waals surface area contributed by atoms with Gasteiger partial charge in [0.15, 0.2) is 0 Å². The molecule has 0 aliphatic rings. The minimum atomic E-state index is -0.721. The molecule has 0 amide bonds. The third kappa shape index (κ3) is 5.37. The van der Waals surface area contributed by atoms with Crippen LogP contribution in [0.4, 0.5) is 8.78 Å². The van der Waals surface area contributed by atoms with Crippen molar-refractivity contribution in [1.29, 1.82) is 0 Å². The molecule has 5 nitrogen and oxygen atoms in total. The molecule has 1 aromatic heterocycles. The van der Waals surface area contributed by atoms with E-state index in [1.54, 1.807) is 6.92 Å². The van der Waals surface area contributed by atoms with Crippen molar-refractivity contribution in [1.82, 2.24) is 9.55 Å². The number of aryl methyl sites for hydroxylation is 1. The van der Waals surface area contributed by atoms with Crippen LogP contribution in [0.1, 0.15) is 42.4 Å². The number of nitrogens with two attached hydrogens (primary N) is 1. The third-order valence-corrected chi connectivity index (χ3v) is 5.76. The Hall–Kier alpha value is -2.58. The first-order valence-corrected chi connectivity index (χ1v) is 10.6. The van der Waals surface area contributed by atoms with Crippen LogP contribution in [0.25, 0.3) is 0 Å². The zero-order valence-corrected chi connectivity index (χ0v) is 19.1. The first-order valence-electron chi connectivity index (χ1n) is 9.85. The molecular weight excluding hydrogens is 468 g/mol. The Morgan fingerprint density at radius 3 is 2.45 bits per heavy atom. The van der Waals surface area contributed by atoms with Crippen molar-refractivity contribution in [3.8, 4) is 5.88 Å². The summed E-state index contributed by atoms with van der Waals surface area (Å²) in [6.07, 6.45) is 0. The molecule has 3 rings (SSSR count). The first-order chi connectivity index (χ1) is 14.7. The van der Waals surface area contributed by atoms with Gasteiger partial charge in [-0.05, 0) is 52.0 Å². The molecular formula is C23H24BrF2N3O2. The van der Waals surface area contributed by atoms with Gasteiger partial charge in [0.05, 0.1) is 6.54 Å². The van der Waals surface area contributed by atoms with Crippen LogP contribution in [-0.4, -0.2) is 9.55 Å². The number of aromatic nitrogens is 2. The smallest absolute Gasteiger partial charge is 0.272 e. The van der Waals surface area contributed by atoms with E-state index in [1.807, 2.05) is 24.3 Å². The van der Waals surface area contributed by atoms with Gasteiger partial charge in [-0.1, -0.05) is 38.1 Å². The van der Waals surface area contributed by atoms with E-state index in [0.717, 1.165) is 23.3 Å². The van der Waals surface area contributed by atoms with Crippen molar-refractivity contribution < 1.29 is 13.5 Å². The Morgan fingerprint density at radius 2 is 1.84 bits per heavy atom. The van der Waals surface area contributed by atoms with Crippen LogP contribution < -0.4 is 16.0 Å². The quantitative estimate of drug-likeness (QED) is 0.511. The molecule has 0 spiro atoms. The molecule has 1 heterocycles. The summed E-state index contributed by atoms with van der Waals surface area (Å²) in [6, 6.07) is 11.0. The van der Waals surface area contributed by atoms with Crippen LogP contribution in [0.3, 0.4) is 0 Å². The van der Waals surface area contributed by atoms with Crippen LogP contribution in [0.5, 0.6) is 5.88 Å². The number of nitrogens with zero attached hydrogens (tertiary/aromatic N) is 2. The maximum atomic E-state index is 13.8. The minimum absolute atomic E-state index is 0.0447. The normalized spacial score (nSPS) is 12.3. The average molecular weight is 492 g/mol. The molecule has 0 bridgehead atoms. The van der Waals surface area contributed by atoms with Crippen molar-refractivity contribution >= 4 is 15.9 Å². The van der Waals surface area contributed by atoms with Gasteiger partial charge in [0.1, 0.15) is 28.5 Å². The Balaban J connectivity index is 1.79. The molecule has 0 saturated carbocycles. The van der Waals surface area contributed by atoms with E-state index in [2.05, 4.69) is 34.8 Å². The SMILES string of the molecule is Cc1nc(OCc2ccc(F)cc2F)c(Br)c(=O)n1Cc1ccc(C(N)C(C)C)cc1. The van der Waals surface area contributed by atoms with Crippen LogP contribution in [0.2, 0.25) is 0 Å². The molecule has 31 heavy (non-hydrogen) atoms. The molecule has 8 heteroatoms. The predicted molar refractivity (Wildman–Crippen MR) is 119 cm³/mol. The van der Waals surface area contributed by atoms with E-state index < -0.39 is 11.6 Å².